The molecule has 0 amide bonds. The summed E-state index contributed by atoms with van der Waals surface area (Å²) in [5.74, 6) is 2.01. The minimum atomic E-state index is -0.135. The third-order valence-corrected chi connectivity index (χ3v) is 6.07. The summed E-state index contributed by atoms with van der Waals surface area (Å²) in [5, 5.41) is 0. The number of carbonyl (C=O) groups excluding carboxylic acids is 1. The van der Waals surface area contributed by atoms with Crippen LogP contribution in [0.1, 0.15) is 71.3 Å². The highest BCUT2D eigenvalue weighted by atomic mass is 16.7. The molecule has 0 aromatic heterocycles. The van der Waals surface area contributed by atoms with Crippen molar-refractivity contribution in [1.82, 2.24) is 0 Å². The first-order valence-corrected chi connectivity index (χ1v) is 10.9. The van der Waals surface area contributed by atoms with Crippen LogP contribution in [0.25, 0.3) is 0 Å². The van der Waals surface area contributed by atoms with Gasteiger partial charge in [-0.3, -0.25) is 4.79 Å². The van der Waals surface area contributed by atoms with Crippen molar-refractivity contribution in [2.75, 3.05) is 13.9 Å². The molecule has 0 N–H and O–H groups in total. The molecule has 0 fully saturated rings. The average molecular weight is 411 g/mol. The van der Waals surface area contributed by atoms with Crippen LogP contribution in [-0.2, 0) is 24.0 Å². The Labute approximate surface area is 180 Å². The van der Waals surface area contributed by atoms with Crippen LogP contribution in [-0.4, -0.2) is 25.8 Å². The maximum atomic E-state index is 10.8. The number of unbranched alkanes of at least 4 members (excludes halogenated alkanes) is 1. The van der Waals surface area contributed by atoms with Crippen molar-refractivity contribution in [3.8, 4) is 11.5 Å². The van der Waals surface area contributed by atoms with Gasteiger partial charge >= 0.3 is 0 Å². The van der Waals surface area contributed by atoms with Gasteiger partial charge in [0.1, 0.15) is 23.4 Å². The Balaban J connectivity index is 1.77. The van der Waals surface area contributed by atoms with Gasteiger partial charge < -0.3 is 14.2 Å². The molecule has 1 aliphatic rings. The number of rotatable bonds is 9. The lowest BCUT2D eigenvalue weighted by molar-refractivity contribution is 0.0488. The SMILES string of the molecule is COCOc1c(C)c2c(c(C)c1CCCCc1ccc(C=O)cc1)OC(C)(C)CC2. The first-order chi connectivity index (χ1) is 14.4. The molecule has 1 heterocycles. The highest BCUT2D eigenvalue weighted by molar-refractivity contribution is 5.74. The second kappa shape index (κ2) is 9.65. The van der Waals surface area contributed by atoms with Gasteiger partial charge in [-0.25, -0.2) is 0 Å². The molecule has 1 aliphatic heterocycles. The van der Waals surface area contributed by atoms with Gasteiger partial charge in [0.25, 0.3) is 0 Å². The molecule has 0 bridgehead atoms. The number of benzene rings is 2. The van der Waals surface area contributed by atoms with E-state index in [2.05, 4.69) is 27.7 Å². The van der Waals surface area contributed by atoms with Gasteiger partial charge in [0.05, 0.1) is 0 Å². The summed E-state index contributed by atoms with van der Waals surface area (Å²) in [6.45, 7) is 8.88. The highest BCUT2D eigenvalue weighted by Gasteiger charge is 2.31. The standard InChI is InChI=1S/C26H34O4/c1-18-23-14-15-26(3,4)30-25(23)19(2)22(24(18)29-17-28-5)9-7-6-8-20-10-12-21(16-27)13-11-20/h10-13,16H,6-9,14-15,17H2,1-5H3. The average Bonchev–Trinajstić information content (AvgIpc) is 2.73. The number of methoxy groups -OCH3 is 1. The van der Waals surface area contributed by atoms with Crippen LogP contribution >= 0.6 is 0 Å². The van der Waals surface area contributed by atoms with Crippen molar-refractivity contribution >= 4 is 6.29 Å². The second-order valence-corrected chi connectivity index (χ2v) is 8.84. The molecular weight excluding hydrogens is 376 g/mol. The van der Waals surface area contributed by atoms with Crippen molar-refractivity contribution in [3.63, 3.8) is 0 Å². The van der Waals surface area contributed by atoms with Gasteiger partial charge in [0.2, 0.25) is 0 Å². The fraction of sp³-hybridized carbons (Fsp3) is 0.500. The van der Waals surface area contributed by atoms with E-state index in [-0.39, 0.29) is 12.4 Å². The Morgan fingerprint density at radius 2 is 1.77 bits per heavy atom. The minimum absolute atomic E-state index is 0.135. The number of carbonyl (C=O) groups is 1. The molecule has 162 valence electrons. The number of hydrogen-bond donors (Lipinski definition) is 0. The van der Waals surface area contributed by atoms with Gasteiger partial charge in [-0.2, -0.15) is 0 Å². The summed E-state index contributed by atoms with van der Waals surface area (Å²) in [6, 6.07) is 7.85. The Hall–Kier alpha value is -2.33. The predicted octanol–water partition coefficient (Wildman–Crippen LogP) is 5.77. The van der Waals surface area contributed by atoms with Crippen LogP contribution in [0.2, 0.25) is 0 Å². The molecule has 4 nitrogen and oxygen atoms in total. The van der Waals surface area contributed by atoms with Crippen molar-refractivity contribution in [2.45, 2.75) is 71.8 Å². The van der Waals surface area contributed by atoms with E-state index in [0.29, 0.717) is 0 Å². The van der Waals surface area contributed by atoms with E-state index < -0.39 is 0 Å². The molecule has 0 radical (unpaired) electrons. The van der Waals surface area contributed by atoms with Gasteiger partial charge in [-0.05, 0) is 82.9 Å². The van der Waals surface area contributed by atoms with Gasteiger partial charge in [-0.1, -0.05) is 24.3 Å². The molecule has 4 heteroatoms. The fourth-order valence-electron chi connectivity index (χ4n) is 4.27. The third-order valence-electron chi connectivity index (χ3n) is 6.07. The zero-order chi connectivity index (χ0) is 21.7. The Bertz CT molecular complexity index is 881. The number of fused-ring (bicyclic) bond motifs is 1. The summed E-state index contributed by atoms with van der Waals surface area (Å²) in [5.41, 5.74) is 6.74. The molecule has 3 rings (SSSR count). The predicted molar refractivity (Wildman–Crippen MR) is 120 cm³/mol. The topological polar surface area (TPSA) is 44.8 Å². The third kappa shape index (κ3) is 5.04. The second-order valence-electron chi connectivity index (χ2n) is 8.84. The number of aldehydes is 1. The minimum Gasteiger partial charge on any atom is -0.487 e. The lowest BCUT2D eigenvalue weighted by Gasteiger charge is -2.36. The summed E-state index contributed by atoms with van der Waals surface area (Å²) in [4.78, 5) is 10.8. The quantitative estimate of drug-likeness (QED) is 0.299. The molecule has 0 spiro atoms. The Morgan fingerprint density at radius 3 is 2.43 bits per heavy atom. The smallest absolute Gasteiger partial charge is 0.188 e. The largest absolute Gasteiger partial charge is 0.487 e. The van der Waals surface area contributed by atoms with Crippen LogP contribution in [0.15, 0.2) is 24.3 Å². The van der Waals surface area contributed by atoms with Crippen LogP contribution < -0.4 is 9.47 Å². The molecule has 0 atom stereocenters. The van der Waals surface area contributed by atoms with E-state index in [1.165, 1.54) is 27.8 Å². The molecule has 0 unspecified atom stereocenters. The fourth-order valence-corrected chi connectivity index (χ4v) is 4.27. The number of aryl methyl sites for hydroxylation is 1. The molecule has 0 saturated carbocycles. The zero-order valence-corrected chi connectivity index (χ0v) is 19.0. The van der Waals surface area contributed by atoms with E-state index in [9.17, 15) is 4.79 Å². The van der Waals surface area contributed by atoms with Crippen molar-refractivity contribution in [1.29, 1.82) is 0 Å². The van der Waals surface area contributed by atoms with Crippen LogP contribution in [0.5, 0.6) is 11.5 Å². The van der Waals surface area contributed by atoms with Crippen molar-refractivity contribution in [2.24, 2.45) is 0 Å². The van der Waals surface area contributed by atoms with Gasteiger partial charge in [0, 0.05) is 23.8 Å². The molecule has 2 aromatic carbocycles. The van der Waals surface area contributed by atoms with Gasteiger partial charge in [0.15, 0.2) is 6.79 Å². The Morgan fingerprint density at radius 1 is 1.07 bits per heavy atom. The summed E-state index contributed by atoms with van der Waals surface area (Å²) >= 11 is 0. The van der Waals surface area contributed by atoms with Crippen molar-refractivity contribution in [3.05, 3.63) is 57.6 Å². The maximum Gasteiger partial charge on any atom is 0.188 e. The Kier molecular flexibility index (Phi) is 7.19. The molecule has 2 aromatic rings. The zero-order valence-electron chi connectivity index (χ0n) is 19.0. The molecule has 0 saturated heterocycles. The van der Waals surface area contributed by atoms with Crippen LogP contribution in [0.3, 0.4) is 0 Å². The van der Waals surface area contributed by atoms with E-state index >= 15 is 0 Å². The molecule has 30 heavy (non-hydrogen) atoms. The van der Waals surface area contributed by atoms with E-state index in [1.54, 1.807) is 7.11 Å². The van der Waals surface area contributed by atoms with Crippen molar-refractivity contribution < 1.29 is 19.0 Å². The molecular formula is C26H34O4. The number of ether oxygens (including phenoxy) is 3. The summed E-state index contributed by atoms with van der Waals surface area (Å²) in [6.07, 6.45) is 6.97. The van der Waals surface area contributed by atoms with E-state index in [0.717, 1.165) is 61.9 Å². The van der Waals surface area contributed by atoms with E-state index in [1.807, 2.05) is 24.3 Å². The number of hydrogen-bond acceptors (Lipinski definition) is 4. The monoisotopic (exact) mass is 410 g/mol. The van der Waals surface area contributed by atoms with E-state index in [4.69, 9.17) is 14.2 Å². The summed E-state index contributed by atoms with van der Waals surface area (Å²) < 4.78 is 17.7. The maximum absolute atomic E-state index is 10.8. The van der Waals surface area contributed by atoms with Gasteiger partial charge in [-0.15, -0.1) is 0 Å². The normalized spacial score (nSPS) is 14.7. The lowest BCUT2D eigenvalue weighted by atomic mass is 9.86. The lowest BCUT2D eigenvalue weighted by Crippen LogP contribution is -2.33. The summed E-state index contributed by atoms with van der Waals surface area (Å²) in [7, 11) is 1.65. The first kappa shape index (κ1) is 22.4. The molecule has 0 aliphatic carbocycles. The highest BCUT2D eigenvalue weighted by Crippen LogP contribution is 2.44. The van der Waals surface area contributed by atoms with Crippen LogP contribution in [0, 0.1) is 13.8 Å². The first-order valence-electron chi connectivity index (χ1n) is 10.9. The van der Waals surface area contributed by atoms with Crippen LogP contribution in [0.4, 0.5) is 0 Å².